The topological polar surface area (TPSA) is 55.5 Å². The van der Waals surface area contributed by atoms with Crippen molar-refractivity contribution in [3.8, 4) is 5.75 Å². The number of hydrogen-bond acceptors (Lipinski definition) is 3. The minimum absolute atomic E-state index is 0. The first-order valence-electron chi connectivity index (χ1n) is 6.77. The minimum Gasteiger partial charge on any atom is -0.403 e. The molecule has 0 saturated heterocycles. The molecule has 126 valence electrons. The van der Waals surface area contributed by atoms with Crippen molar-refractivity contribution in [2.75, 3.05) is 0 Å². The predicted octanol–water partition coefficient (Wildman–Crippen LogP) is 3.70. The van der Waals surface area contributed by atoms with Gasteiger partial charge in [-0.2, -0.15) is 0 Å². The van der Waals surface area contributed by atoms with Crippen LogP contribution in [0.15, 0.2) is 18.2 Å². The van der Waals surface area contributed by atoms with Gasteiger partial charge in [0.1, 0.15) is 0 Å². The van der Waals surface area contributed by atoms with E-state index in [9.17, 15) is 22.7 Å². The maximum absolute atomic E-state index is 13.6. The predicted molar refractivity (Wildman–Crippen MR) is 75.2 cm³/mol. The van der Waals surface area contributed by atoms with E-state index in [0.717, 1.165) is 37.8 Å². The third-order valence-corrected chi connectivity index (χ3v) is 3.82. The Morgan fingerprint density at radius 3 is 2.32 bits per heavy atom. The summed E-state index contributed by atoms with van der Waals surface area (Å²) in [5, 5.41) is 10.2. The Morgan fingerprint density at radius 1 is 1.23 bits per heavy atom. The maximum atomic E-state index is 13.6. The maximum Gasteiger partial charge on any atom is 0.573 e. The van der Waals surface area contributed by atoms with E-state index in [1.807, 2.05) is 0 Å². The second-order valence-corrected chi connectivity index (χ2v) is 5.30. The Labute approximate surface area is 131 Å². The molecule has 0 aliphatic heterocycles. The fourth-order valence-corrected chi connectivity index (χ4v) is 2.72. The second kappa shape index (κ2) is 7.48. The molecule has 1 aromatic carbocycles. The molecule has 8 heteroatoms. The number of rotatable bonds is 4. The number of ether oxygens (including phenoxy) is 1. The van der Waals surface area contributed by atoms with E-state index >= 15 is 0 Å². The molecule has 2 rings (SSSR count). The standard InChI is InChI=1S/C14H17F4NO2.ClH/c15-10-7-9(5-6-11(10)21-14(16,17)18)12(19)13(20)8-3-1-2-4-8;/h5-8,12-13,20H,1-4,19H2;1H/t12-,13+;/m1./s1. The molecule has 0 heterocycles. The molecular weight excluding hydrogens is 326 g/mol. The van der Waals surface area contributed by atoms with Gasteiger partial charge in [-0.3, -0.25) is 0 Å². The van der Waals surface area contributed by atoms with Crippen LogP contribution in [-0.2, 0) is 0 Å². The lowest BCUT2D eigenvalue weighted by atomic mass is 9.91. The largest absolute Gasteiger partial charge is 0.573 e. The van der Waals surface area contributed by atoms with E-state index in [1.165, 1.54) is 6.07 Å². The van der Waals surface area contributed by atoms with Crippen molar-refractivity contribution < 1.29 is 27.4 Å². The molecule has 3 N–H and O–H groups in total. The first-order chi connectivity index (χ1) is 9.78. The molecule has 3 nitrogen and oxygen atoms in total. The third-order valence-electron chi connectivity index (χ3n) is 3.82. The Morgan fingerprint density at radius 2 is 1.82 bits per heavy atom. The molecule has 1 saturated carbocycles. The fourth-order valence-electron chi connectivity index (χ4n) is 2.72. The minimum atomic E-state index is -4.95. The highest BCUT2D eigenvalue weighted by Gasteiger charge is 2.33. The van der Waals surface area contributed by atoms with Crippen molar-refractivity contribution in [1.29, 1.82) is 0 Å². The summed E-state index contributed by atoms with van der Waals surface area (Å²) in [7, 11) is 0. The van der Waals surface area contributed by atoms with Crippen LogP contribution in [0.25, 0.3) is 0 Å². The van der Waals surface area contributed by atoms with Crippen molar-refractivity contribution >= 4 is 12.4 Å². The summed E-state index contributed by atoms with van der Waals surface area (Å²) in [6.07, 6.45) is -2.05. The molecule has 0 radical (unpaired) electrons. The van der Waals surface area contributed by atoms with Gasteiger partial charge >= 0.3 is 6.36 Å². The average molecular weight is 344 g/mol. The summed E-state index contributed by atoms with van der Waals surface area (Å²) in [6, 6.07) is 2.17. The van der Waals surface area contributed by atoms with Gasteiger partial charge in [-0.15, -0.1) is 25.6 Å². The molecule has 1 aliphatic carbocycles. The zero-order chi connectivity index (χ0) is 15.6. The molecular formula is C14H18ClF4NO2. The fraction of sp³-hybridized carbons (Fsp3) is 0.571. The van der Waals surface area contributed by atoms with E-state index in [1.54, 1.807) is 0 Å². The lowest BCUT2D eigenvalue weighted by molar-refractivity contribution is -0.275. The van der Waals surface area contributed by atoms with Crippen molar-refractivity contribution in [2.24, 2.45) is 11.7 Å². The van der Waals surface area contributed by atoms with Crippen LogP contribution in [0.4, 0.5) is 17.6 Å². The van der Waals surface area contributed by atoms with Crippen molar-refractivity contribution in [3.05, 3.63) is 29.6 Å². The molecule has 22 heavy (non-hydrogen) atoms. The van der Waals surface area contributed by atoms with Gasteiger partial charge in [-0.05, 0) is 36.5 Å². The number of hydrogen-bond donors (Lipinski definition) is 2. The smallest absolute Gasteiger partial charge is 0.403 e. The molecule has 1 aliphatic rings. The number of alkyl halides is 3. The van der Waals surface area contributed by atoms with Crippen LogP contribution in [0.3, 0.4) is 0 Å². The average Bonchev–Trinajstić information content (AvgIpc) is 2.92. The highest BCUT2D eigenvalue weighted by Crippen LogP contribution is 2.34. The monoisotopic (exact) mass is 343 g/mol. The number of aliphatic hydroxyl groups is 1. The van der Waals surface area contributed by atoms with Gasteiger partial charge < -0.3 is 15.6 Å². The highest BCUT2D eigenvalue weighted by molar-refractivity contribution is 5.85. The van der Waals surface area contributed by atoms with Crippen LogP contribution >= 0.6 is 12.4 Å². The first kappa shape index (κ1) is 19.0. The van der Waals surface area contributed by atoms with Crippen molar-refractivity contribution in [1.82, 2.24) is 0 Å². The number of aliphatic hydroxyl groups excluding tert-OH is 1. The van der Waals surface area contributed by atoms with Gasteiger partial charge in [-0.25, -0.2) is 4.39 Å². The van der Waals surface area contributed by atoms with Crippen LogP contribution in [0.1, 0.15) is 37.3 Å². The Balaban J connectivity index is 0.00000242. The van der Waals surface area contributed by atoms with Gasteiger partial charge in [0.05, 0.1) is 12.1 Å². The first-order valence-corrected chi connectivity index (χ1v) is 6.77. The highest BCUT2D eigenvalue weighted by atomic mass is 35.5. The Kier molecular flexibility index (Phi) is 6.46. The summed E-state index contributed by atoms with van der Waals surface area (Å²) in [6.45, 7) is 0. The lowest BCUT2D eigenvalue weighted by Gasteiger charge is -2.24. The second-order valence-electron chi connectivity index (χ2n) is 5.30. The van der Waals surface area contributed by atoms with Crippen LogP contribution in [0.2, 0.25) is 0 Å². The molecule has 1 fully saturated rings. The summed E-state index contributed by atoms with van der Waals surface area (Å²) in [4.78, 5) is 0. The van der Waals surface area contributed by atoms with Gasteiger partial charge in [0.15, 0.2) is 11.6 Å². The van der Waals surface area contributed by atoms with Crippen LogP contribution in [0, 0.1) is 11.7 Å². The van der Waals surface area contributed by atoms with Gasteiger partial charge in [-0.1, -0.05) is 18.9 Å². The summed E-state index contributed by atoms with van der Waals surface area (Å²) < 4.78 is 53.3. The van der Waals surface area contributed by atoms with Crippen molar-refractivity contribution in [2.45, 2.75) is 44.2 Å². The summed E-state index contributed by atoms with van der Waals surface area (Å²) in [5.74, 6) is -2.01. The Bertz CT molecular complexity index is 492. The van der Waals surface area contributed by atoms with Crippen LogP contribution in [-0.4, -0.2) is 17.6 Å². The van der Waals surface area contributed by atoms with E-state index < -0.39 is 30.1 Å². The Hall–Kier alpha value is -1.05. The third kappa shape index (κ3) is 4.72. The lowest BCUT2D eigenvalue weighted by Crippen LogP contribution is -2.32. The SMILES string of the molecule is Cl.N[C@H](c1ccc(OC(F)(F)F)c(F)c1)[C@@H](O)C1CCCC1. The van der Waals surface area contributed by atoms with E-state index in [0.29, 0.717) is 0 Å². The van der Waals surface area contributed by atoms with Crippen LogP contribution in [0.5, 0.6) is 5.75 Å². The van der Waals surface area contributed by atoms with Gasteiger partial charge in [0, 0.05) is 0 Å². The molecule has 0 bridgehead atoms. The van der Waals surface area contributed by atoms with Gasteiger partial charge in [0.2, 0.25) is 0 Å². The molecule has 0 unspecified atom stereocenters. The van der Waals surface area contributed by atoms with Crippen LogP contribution < -0.4 is 10.5 Å². The van der Waals surface area contributed by atoms with Crippen molar-refractivity contribution in [3.63, 3.8) is 0 Å². The number of halogens is 5. The quantitative estimate of drug-likeness (QED) is 0.820. The summed E-state index contributed by atoms with van der Waals surface area (Å²) in [5.41, 5.74) is 6.14. The van der Waals surface area contributed by atoms with Gasteiger partial charge in [0.25, 0.3) is 0 Å². The van der Waals surface area contributed by atoms with E-state index in [2.05, 4.69) is 4.74 Å². The molecule has 1 aromatic rings. The normalized spacial score (nSPS) is 18.6. The zero-order valence-corrected chi connectivity index (χ0v) is 12.5. The number of nitrogens with two attached hydrogens (primary N) is 1. The molecule has 0 spiro atoms. The molecule has 2 atom stereocenters. The number of benzene rings is 1. The molecule has 0 amide bonds. The van der Waals surface area contributed by atoms with E-state index in [4.69, 9.17) is 5.73 Å². The zero-order valence-electron chi connectivity index (χ0n) is 11.6. The summed E-state index contributed by atoms with van der Waals surface area (Å²) >= 11 is 0. The van der Waals surface area contributed by atoms with E-state index in [-0.39, 0.29) is 23.9 Å². The molecule has 0 aromatic heterocycles.